The van der Waals surface area contributed by atoms with Gasteiger partial charge in [0, 0.05) is 24.9 Å². The molecule has 1 fully saturated rings. The number of nitrogens with two attached hydrogens (primary N) is 1. The first-order valence-corrected chi connectivity index (χ1v) is 9.93. The van der Waals surface area contributed by atoms with Gasteiger partial charge in [-0.2, -0.15) is 5.26 Å². The predicted octanol–water partition coefficient (Wildman–Crippen LogP) is 2.03. The first-order valence-electron chi connectivity index (χ1n) is 9.93. The Kier molecular flexibility index (Phi) is 8.59. The van der Waals surface area contributed by atoms with Gasteiger partial charge in [0.1, 0.15) is 11.9 Å². The number of hydrogen-bond donors (Lipinski definition) is 3. The number of nitrogens with one attached hydrogen (secondary N) is 2. The molecule has 1 aliphatic rings. The third kappa shape index (κ3) is 7.53. The van der Waals surface area contributed by atoms with E-state index in [4.69, 9.17) is 11.0 Å². The van der Waals surface area contributed by atoms with Crippen LogP contribution in [0.15, 0.2) is 18.2 Å². The number of carbonyl (C=O) groups is 3. The van der Waals surface area contributed by atoms with Gasteiger partial charge in [-0.15, -0.1) is 0 Å². The normalized spacial score (nSPS) is 14.8. The van der Waals surface area contributed by atoms with Crippen LogP contribution in [-0.4, -0.2) is 23.8 Å². The fraction of sp³-hybridized carbons (Fsp3) is 0.524. The van der Waals surface area contributed by atoms with E-state index in [1.165, 1.54) is 25.0 Å². The van der Waals surface area contributed by atoms with Gasteiger partial charge in [0.05, 0.1) is 11.6 Å². The third-order valence-electron chi connectivity index (χ3n) is 5.22. The third-order valence-corrected chi connectivity index (χ3v) is 5.22. The van der Waals surface area contributed by atoms with Crippen molar-refractivity contribution in [1.82, 2.24) is 10.6 Å². The molecule has 1 aromatic rings. The minimum Gasteiger partial charge on any atom is -0.370 e. The van der Waals surface area contributed by atoms with E-state index in [1.54, 1.807) is 0 Å². The molecule has 0 saturated heterocycles. The monoisotopic (exact) mass is 402 g/mol. The van der Waals surface area contributed by atoms with Crippen molar-refractivity contribution in [1.29, 1.82) is 5.26 Å². The lowest BCUT2D eigenvalue weighted by atomic mass is 10.0. The van der Waals surface area contributed by atoms with Crippen molar-refractivity contribution in [3.05, 3.63) is 35.1 Å². The topological polar surface area (TPSA) is 125 Å². The molecule has 0 heterocycles. The second kappa shape index (κ2) is 11.1. The average Bonchev–Trinajstić information content (AvgIpc) is 3.21. The van der Waals surface area contributed by atoms with Crippen molar-refractivity contribution in [3.8, 4) is 6.07 Å². The molecule has 4 N–H and O–H groups in total. The largest absolute Gasteiger partial charge is 0.370 e. The molecule has 1 aliphatic carbocycles. The van der Waals surface area contributed by atoms with E-state index < -0.39 is 23.7 Å². The number of rotatable bonds is 10. The molecule has 2 rings (SSSR count). The van der Waals surface area contributed by atoms with Crippen LogP contribution in [0.4, 0.5) is 4.39 Å². The average molecular weight is 402 g/mol. The molecule has 156 valence electrons. The molecule has 1 aromatic carbocycles. The first kappa shape index (κ1) is 22.3. The molecule has 1 atom stereocenters. The lowest BCUT2D eigenvalue weighted by Gasteiger charge is -2.19. The summed E-state index contributed by atoms with van der Waals surface area (Å²) in [5.41, 5.74) is 5.57. The van der Waals surface area contributed by atoms with Crippen molar-refractivity contribution in [2.45, 2.75) is 64.0 Å². The summed E-state index contributed by atoms with van der Waals surface area (Å²) in [6, 6.07) is 4.90. The van der Waals surface area contributed by atoms with Gasteiger partial charge in [0.25, 0.3) is 0 Å². The lowest BCUT2D eigenvalue weighted by Crippen LogP contribution is -2.47. The number of primary amides is 1. The summed E-state index contributed by atoms with van der Waals surface area (Å²) >= 11 is 0. The highest BCUT2D eigenvalue weighted by molar-refractivity contribution is 5.88. The summed E-state index contributed by atoms with van der Waals surface area (Å²) in [6.07, 6.45) is 5.80. The van der Waals surface area contributed by atoms with Crippen molar-refractivity contribution < 1.29 is 18.8 Å². The van der Waals surface area contributed by atoms with Crippen LogP contribution < -0.4 is 16.4 Å². The van der Waals surface area contributed by atoms with Crippen LogP contribution >= 0.6 is 0 Å². The zero-order valence-corrected chi connectivity index (χ0v) is 16.4. The Balaban J connectivity index is 1.90. The Morgan fingerprint density at radius 2 is 1.97 bits per heavy atom. The minimum absolute atomic E-state index is 0.0494. The van der Waals surface area contributed by atoms with E-state index in [2.05, 4.69) is 10.6 Å². The number of benzene rings is 1. The van der Waals surface area contributed by atoms with E-state index in [-0.39, 0.29) is 36.4 Å². The molecule has 3 amide bonds. The van der Waals surface area contributed by atoms with Crippen molar-refractivity contribution in [3.63, 3.8) is 0 Å². The van der Waals surface area contributed by atoms with E-state index >= 15 is 0 Å². The zero-order chi connectivity index (χ0) is 21.2. The molecular weight excluding hydrogens is 375 g/mol. The summed E-state index contributed by atoms with van der Waals surface area (Å²) in [5.74, 6) is -1.37. The maximum atomic E-state index is 14.0. The van der Waals surface area contributed by atoms with Gasteiger partial charge in [-0.3, -0.25) is 14.4 Å². The molecule has 0 radical (unpaired) electrons. The fourth-order valence-electron chi connectivity index (χ4n) is 3.52. The Labute approximate surface area is 169 Å². The Hall–Kier alpha value is -2.95. The van der Waals surface area contributed by atoms with Gasteiger partial charge >= 0.3 is 0 Å². The van der Waals surface area contributed by atoms with Gasteiger partial charge in [-0.25, -0.2) is 4.39 Å². The minimum atomic E-state index is -0.917. The van der Waals surface area contributed by atoms with Crippen LogP contribution in [-0.2, 0) is 20.9 Å². The van der Waals surface area contributed by atoms with Crippen molar-refractivity contribution >= 4 is 17.7 Å². The maximum absolute atomic E-state index is 14.0. The highest BCUT2D eigenvalue weighted by atomic mass is 19.1. The molecule has 7 nitrogen and oxygen atoms in total. The molecule has 0 bridgehead atoms. The molecule has 1 unspecified atom stereocenters. The molecule has 1 saturated carbocycles. The van der Waals surface area contributed by atoms with Crippen LogP contribution in [0.3, 0.4) is 0 Å². The predicted molar refractivity (Wildman–Crippen MR) is 105 cm³/mol. The number of nitriles is 1. The maximum Gasteiger partial charge on any atom is 0.242 e. The zero-order valence-electron chi connectivity index (χ0n) is 16.4. The summed E-state index contributed by atoms with van der Waals surface area (Å²) < 4.78 is 14.0. The van der Waals surface area contributed by atoms with Crippen molar-refractivity contribution in [2.24, 2.45) is 11.7 Å². The number of carbonyl (C=O) groups excluding carboxylic acids is 3. The highest BCUT2D eigenvalue weighted by Gasteiger charge is 2.23. The van der Waals surface area contributed by atoms with Crippen LogP contribution in [0, 0.1) is 23.1 Å². The summed E-state index contributed by atoms with van der Waals surface area (Å²) in [6.45, 7) is -0.0958. The van der Waals surface area contributed by atoms with Gasteiger partial charge in [0.2, 0.25) is 17.7 Å². The Morgan fingerprint density at radius 3 is 2.59 bits per heavy atom. The molecular formula is C21H27FN4O3. The van der Waals surface area contributed by atoms with Crippen LogP contribution in [0.1, 0.15) is 62.5 Å². The van der Waals surface area contributed by atoms with Crippen LogP contribution in [0.5, 0.6) is 0 Å². The first-order chi connectivity index (χ1) is 13.9. The van der Waals surface area contributed by atoms with Crippen molar-refractivity contribution in [2.75, 3.05) is 0 Å². The van der Waals surface area contributed by atoms with E-state index in [0.717, 1.165) is 25.3 Å². The SMILES string of the molecule is N#Cc1ccc(CNC(=O)C(CCC(N)=O)NC(=O)CCC2CCCC2)c(F)c1. The number of halogens is 1. The van der Waals surface area contributed by atoms with Crippen LogP contribution in [0.25, 0.3) is 0 Å². The number of amides is 3. The fourth-order valence-corrected chi connectivity index (χ4v) is 3.52. The Bertz CT molecular complexity index is 785. The molecule has 29 heavy (non-hydrogen) atoms. The quantitative estimate of drug-likeness (QED) is 0.554. The summed E-state index contributed by atoms with van der Waals surface area (Å²) in [5, 5.41) is 14.0. The van der Waals surface area contributed by atoms with E-state index in [1.807, 2.05) is 6.07 Å². The standard InChI is InChI=1S/C21H27FN4O3/c22-17-11-15(12-23)5-7-16(17)13-25-21(29)18(8-9-19(24)27)26-20(28)10-6-14-3-1-2-4-14/h5,7,11,14,18H,1-4,6,8-10,13H2,(H2,24,27)(H,25,29)(H,26,28). The Morgan fingerprint density at radius 1 is 1.24 bits per heavy atom. The molecule has 0 spiro atoms. The van der Waals surface area contributed by atoms with Gasteiger partial charge in [-0.05, 0) is 30.9 Å². The lowest BCUT2D eigenvalue weighted by molar-refractivity contribution is -0.129. The summed E-state index contributed by atoms with van der Waals surface area (Å²) in [7, 11) is 0. The smallest absolute Gasteiger partial charge is 0.242 e. The second-order valence-electron chi connectivity index (χ2n) is 7.45. The number of hydrogen-bond acceptors (Lipinski definition) is 4. The molecule has 0 aromatic heterocycles. The van der Waals surface area contributed by atoms with E-state index in [0.29, 0.717) is 12.3 Å². The van der Waals surface area contributed by atoms with Gasteiger partial charge in [-0.1, -0.05) is 31.7 Å². The van der Waals surface area contributed by atoms with Gasteiger partial charge in [0.15, 0.2) is 0 Å². The molecule has 0 aliphatic heterocycles. The van der Waals surface area contributed by atoms with Gasteiger partial charge < -0.3 is 16.4 Å². The highest BCUT2D eigenvalue weighted by Crippen LogP contribution is 2.28. The number of nitrogens with zero attached hydrogens (tertiary/aromatic N) is 1. The summed E-state index contributed by atoms with van der Waals surface area (Å²) in [4.78, 5) is 35.9. The van der Waals surface area contributed by atoms with E-state index in [9.17, 15) is 18.8 Å². The van der Waals surface area contributed by atoms with Crippen LogP contribution in [0.2, 0.25) is 0 Å². The second-order valence-corrected chi connectivity index (χ2v) is 7.45. The molecule has 8 heteroatoms.